The summed E-state index contributed by atoms with van der Waals surface area (Å²) in [7, 11) is -8.04. The molecule has 0 spiro atoms. The molecule has 5 aromatic rings. The Bertz CT molecular complexity index is 1980. The number of benzene rings is 4. The number of hydrogen-bond acceptors (Lipinski definition) is 10. The number of rotatable bonds is 10. The monoisotopic (exact) mass is 773 g/mol. The summed E-state index contributed by atoms with van der Waals surface area (Å²) >= 11 is 1.75. The SMILES string of the molecule is CC(O)(COc1ccc(F)cc1)CN1CCC(NCc2nc3ccccc3s2)CC1.Cc1ccc(S(=O)(=O)O)cc1.Cc1ccc(S(=O)(=O)O)cc1. The van der Waals surface area contributed by atoms with Crippen LogP contribution in [0.3, 0.4) is 0 Å². The van der Waals surface area contributed by atoms with Gasteiger partial charge in [0.25, 0.3) is 20.2 Å². The van der Waals surface area contributed by atoms with Gasteiger partial charge >= 0.3 is 0 Å². The molecule has 0 radical (unpaired) electrons. The summed E-state index contributed by atoms with van der Waals surface area (Å²) in [4.78, 5) is 6.84. The number of aryl methyl sites for hydroxylation is 2. The fourth-order valence-electron chi connectivity index (χ4n) is 5.24. The highest BCUT2D eigenvalue weighted by Crippen LogP contribution is 2.22. The van der Waals surface area contributed by atoms with E-state index in [0.29, 0.717) is 18.3 Å². The third-order valence-electron chi connectivity index (χ3n) is 8.03. The number of aliphatic hydroxyl groups is 1. The van der Waals surface area contributed by atoms with Crippen molar-refractivity contribution in [2.75, 3.05) is 26.2 Å². The first-order valence-corrected chi connectivity index (χ1v) is 20.2. The summed E-state index contributed by atoms with van der Waals surface area (Å²) in [5.74, 6) is 0.267. The van der Waals surface area contributed by atoms with Crippen molar-refractivity contribution in [3.63, 3.8) is 0 Å². The van der Waals surface area contributed by atoms with Gasteiger partial charge in [-0.1, -0.05) is 47.5 Å². The van der Waals surface area contributed by atoms with Crippen LogP contribution < -0.4 is 10.1 Å². The summed E-state index contributed by atoms with van der Waals surface area (Å²) in [5.41, 5.74) is 2.02. The predicted octanol–water partition coefficient (Wildman–Crippen LogP) is 6.30. The number of hydrogen-bond donors (Lipinski definition) is 4. The molecule has 280 valence electrons. The molecule has 1 aliphatic rings. The summed E-state index contributed by atoms with van der Waals surface area (Å²) < 4.78 is 79.0. The molecular weight excluding hydrogens is 730 g/mol. The van der Waals surface area contributed by atoms with Crippen molar-refractivity contribution in [1.29, 1.82) is 0 Å². The molecular formula is C37H44FN3O8S3. The quantitative estimate of drug-likeness (QED) is 0.118. The van der Waals surface area contributed by atoms with E-state index in [9.17, 15) is 26.3 Å². The molecule has 2 heterocycles. The molecule has 4 N–H and O–H groups in total. The standard InChI is InChI=1S/C23H28FN3O2S.2C7H8O3S/c1-23(28,16-29-19-8-6-17(24)7-9-19)15-27-12-10-18(11-13-27)25-14-22-26-20-4-2-3-5-21(20)30-22;2*1-6-2-4-7(5-3-6)11(8,9)10/h2-9,18,25,28H,10-16H2,1H3;2*2-5H,1H3,(H,8,9,10). The zero-order valence-corrected chi connectivity index (χ0v) is 31.6. The summed E-state index contributed by atoms with van der Waals surface area (Å²) in [6.45, 7) is 8.87. The van der Waals surface area contributed by atoms with Gasteiger partial charge < -0.3 is 20.1 Å². The van der Waals surface area contributed by atoms with Crippen LogP contribution in [-0.4, -0.2) is 78.8 Å². The van der Waals surface area contributed by atoms with E-state index >= 15 is 0 Å². The molecule has 52 heavy (non-hydrogen) atoms. The molecule has 0 saturated carbocycles. The molecule has 4 aromatic carbocycles. The Morgan fingerprint density at radius 3 is 1.87 bits per heavy atom. The van der Waals surface area contributed by atoms with Gasteiger partial charge in [-0.2, -0.15) is 16.8 Å². The Morgan fingerprint density at radius 2 is 1.37 bits per heavy atom. The van der Waals surface area contributed by atoms with Crippen molar-refractivity contribution >= 4 is 41.8 Å². The maximum Gasteiger partial charge on any atom is 0.294 e. The van der Waals surface area contributed by atoms with Crippen LogP contribution in [-0.2, 0) is 26.8 Å². The number of nitrogens with one attached hydrogen (secondary N) is 1. The van der Waals surface area contributed by atoms with Gasteiger partial charge in [0.05, 0.1) is 20.0 Å². The Balaban J connectivity index is 0.000000224. The van der Waals surface area contributed by atoms with Gasteiger partial charge in [0.2, 0.25) is 0 Å². The average molecular weight is 774 g/mol. The molecule has 0 aliphatic carbocycles. The zero-order chi connectivity index (χ0) is 37.9. The number of likely N-dealkylation sites (tertiary alicyclic amines) is 1. The van der Waals surface area contributed by atoms with E-state index in [0.717, 1.165) is 54.1 Å². The lowest BCUT2D eigenvalue weighted by Crippen LogP contribution is -2.50. The number of thiazole rings is 1. The number of para-hydroxylation sites is 1. The first kappa shape index (κ1) is 41.0. The summed E-state index contributed by atoms with van der Waals surface area (Å²) in [6, 6.07) is 26.5. The van der Waals surface area contributed by atoms with E-state index in [1.165, 1.54) is 41.1 Å². The fraction of sp³-hybridized carbons (Fsp3) is 0.324. The molecule has 0 bridgehead atoms. The van der Waals surface area contributed by atoms with E-state index < -0.39 is 25.8 Å². The second kappa shape index (κ2) is 18.3. The smallest absolute Gasteiger partial charge is 0.294 e. The van der Waals surface area contributed by atoms with Crippen LogP contribution in [0.25, 0.3) is 10.2 Å². The van der Waals surface area contributed by atoms with Gasteiger partial charge in [0.1, 0.15) is 28.8 Å². The lowest BCUT2D eigenvalue weighted by Gasteiger charge is -2.36. The topological polar surface area (TPSA) is 166 Å². The van der Waals surface area contributed by atoms with Crippen LogP contribution in [0.5, 0.6) is 5.75 Å². The van der Waals surface area contributed by atoms with Gasteiger partial charge in [0, 0.05) is 19.1 Å². The second-order valence-corrected chi connectivity index (χ2v) is 16.8. The van der Waals surface area contributed by atoms with Gasteiger partial charge in [-0.25, -0.2) is 9.37 Å². The van der Waals surface area contributed by atoms with E-state index in [4.69, 9.17) is 13.8 Å². The average Bonchev–Trinajstić information content (AvgIpc) is 3.51. The Labute approximate surface area is 308 Å². The lowest BCUT2D eigenvalue weighted by molar-refractivity contribution is -0.0227. The van der Waals surface area contributed by atoms with Gasteiger partial charge in [-0.05, 0) is 107 Å². The van der Waals surface area contributed by atoms with E-state index in [1.54, 1.807) is 54.7 Å². The van der Waals surface area contributed by atoms with E-state index in [1.807, 2.05) is 26.0 Å². The predicted molar refractivity (Wildman–Crippen MR) is 200 cm³/mol. The first-order valence-electron chi connectivity index (χ1n) is 16.5. The highest BCUT2D eigenvalue weighted by Gasteiger charge is 2.28. The summed E-state index contributed by atoms with van der Waals surface area (Å²) in [6.07, 6.45) is 2.08. The fourth-order valence-corrected chi connectivity index (χ4v) is 7.12. The van der Waals surface area contributed by atoms with Crippen LogP contribution in [0.4, 0.5) is 4.39 Å². The Kier molecular flexibility index (Phi) is 14.4. The second-order valence-electron chi connectivity index (χ2n) is 12.8. The minimum absolute atomic E-state index is 0.0666. The van der Waals surface area contributed by atoms with Gasteiger partial charge in [-0.15, -0.1) is 11.3 Å². The molecule has 1 saturated heterocycles. The normalized spacial score (nSPS) is 15.1. The molecule has 11 nitrogen and oxygen atoms in total. The lowest BCUT2D eigenvalue weighted by atomic mass is 10.0. The van der Waals surface area contributed by atoms with E-state index in [2.05, 4.69) is 27.3 Å². The number of β-amino-alcohol motifs (C(OH)–C–C–N with tert-alkyl or cyclic N) is 1. The highest BCUT2D eigenvalue weighted by atomic mass is 32.2. The van der Waals surface area contributed by atoms with Crippen molar-refractivity contribution in [2.45, 2.75) is 61.6 Å². The Hall–Kier alpha value is -3.80. The van der Waals surface area contributed by atoms with Gasteiger partial charge in [-0.3, -0.25) is 9.11 Å². The zero-order valence-electron chi connectivity index (χ0n) is 29.1. The van der Waals surface area contributed by atoms with Crippen LogP contribution in [0.15, 0.2) is 107 Å². The van der Waals surface area contributed by atoms with Crippen molar-refractivity contribution in [2.24, 2.45) is 0 Å². The van der Waals surface area contributed by atoms with Crippen molar-refractivity contribution < 1.29 is 40.2 Å². The number of ether oxygens (including phenoxy) is 1. The molecule has 1 unspecified atom stereocenters. The highest BCUT2D eigenvalue weighted by molar-refractivity contribution is 7.86. The molecule has 6 rings (SSSR count). The number of halogens is 1. The molecule has 1 aliphatic heterocycles. The van der Waals surface area contributed by atoms with E-state index in [-0.39, 0.29) is 22.2 Å². The molecule has 1 atom stereocenters. The maximum absolute atomic E-state index is 13.0. The number of piperidine rings is 1. The largest absolute Gasteiger partial charge is 0.491 e. The number of fused-ring (bicyclic) bond motifs is 1. The number of nitrogens with zero attached hydrogens (tertiary/aromatic N) is 2. The minimum Gasteiger partial charge on any atom is -0.491 e. The number of aromatic nitrogens is 1. The van der Waals surface area contributed by atoms with Crippen molar-refractivity contribution in [3.05, 3.63) is 119 Å². The third-order valence-corrected chi connectivity index (χ3v) is 10.8. The molecule has 15 heteroatoms. The molecule has 1 fully saturated rings. The molecule has 0 amide bonds. The first-order chi connectivity index (χ1) is 24.5. The van der Waals surface area contributed by atoms with Crippen molar-refractivity contribution in [1.82, 2.24) is 15.2 Å². The van der Waals surface area contributed by atoms with Crippen LogP contribution in [0.1, 0.15) is 35.9 Å². The minimum atomic E-state index is -4.02. The molecule has 1 aromatic heterocycles. The van der Waals surface area contributed by atoms with Crippen LogP contribution >= 0.6 is 11.3 Å². The van der Waals surface area contributed by atoms with Gasteiger partial charge in [0.15, 0.2) is 0 Å². The maximum atomic E-state index is 13.0. The third kappa shape index (κ3) is 13.6. The summed E-state index contributed by atoms with van der Waals surface area (Å²) in [5, 5.41) is 15.5. The van der Waals surface area contributed by atoms with Crippen LogP contribution in [0.2, 0.25) is 0 Å². The van der Waals surface area contributed by atoms with Crippen LogP contribution in [0, 0.1) is 19.7 Å². The van der Waals surface area contributed by atoms with Crippen molar-refractivity contribution in [3.8, 4) is 5.75 Å². The Morgan fingerprint density at radius 1 is 0.846 bits per heavy atom.